The van der Waals surface area contributed by atoms with Crippen LogP contribution in [0.15, 0.2) is 54.6 Å². The quantitative estimate of drug-likeness (QED) is 0.186. The number of ether oxygens (including phenoxy) is 1. The summed E-state index contributed by atoms with van der Waals surface area (Å²) in [5.74, 6) is 0.478. The number of esters is 1. The number of amides is 3. The predicted octanol–water partition coefficient (Wildman–Crippen LogP) is 2.23. The highest BCUT2D eigenvalue weighted by molar-refractivity contribution is 6.11. The van der Waals surface area contributed by atoms with Gasteiger partial charge < -0.3 is 20.7 Å². The number of carbonyl (C=O) groups excluding carboxylic acids is 4. The Balaban J connectivity index is 1.79. The van der Waals surface area contributed by atoms with Gasteiger partial charge in [0, 0.05) is 29.7 Å². The number of anilines is 1. The average Bonchev–Trinajstić information content (AvgIpc) is 2.83. The van der Waals surface area contributed by atoms with Crippen LogP contribution >= 0.6 is 0 Å². The molecule has 0 saturated carbocycles. The Morgan fingerprint density at radius 2 is 1.62 bits per heavy atom. The van der Waals surface area contributed by atoms with Crippen LogP contribution < -0.4 is 16.0 Å². The first kappa shape index (κ1) is 25.8. The Labute approximate surface area is 197 Å². The highest BCUT2D eigenvalue weighted by atomic mass is 16.5. The lowest BCUT2D eigenvalue weighted by atomic mass is 10.1. The molecule has 2 rings (SSSR count). The predicted molar refractivity (Wildman–Crippen MR) is 127 cm³/mol. The molecule has 4 N–H and O–H groups in total. The van der Waals surface area contributed by atoms with Crippen LogP contribution in [0.4, 0.5) is 5.69 Å². The van der Waals surface area contributed by atoms with E-state index in [1.165, 1.54) is 0 Å². The van der Waals surface area contributed by atoms with E-state index in [0.717, 1.165) is 0 Å². The summed E-state index contributed by atoms with van der Waals surface area (Å²) in [5, 5.41) is 15.7. The van der Waals surface area contributed by atoms with Gasteiger partial charge in [-0.1, -0.05) is 24.1 Å². The minimum Gasteiger partial charge on any atom is -0.466 e. The second kappa shape index (κ2) is 13.2. The van der Waals surface area contributed by atoms with E-state index in [-0.39, 0.29) is 31.7 Å². The molecule has 0 aromatic heterocycles. The number of hydrogen-bond donors (Lipinski definition) is 4. The molecule has 0 aliphatic heterocycles. The van der Waals surface area contributed by atoms with Gasteiger partial charge in [-0.25, -0.2) is 0 Å². The fourth-order valence-electron chi connectivity index (χ4n) is 2.82. The molecule has 176 valence electrons. The maximum atomic E-state index is 12.2. The molecule has 3 amide bonds. The molecule has 0 unspecified atom stereocenters. The monoisotopic (exact) mass is 462 g/mol. The van der Waals surface area contributed by atoms with E-state index in [2.05, 4.69) is 21.9 Å². The SMILES string of the molecule is C#C[C@@H](CC(=O)OCC)NC(=O)CCC(=O)Nc1ccc(C(=N)NC(=O)c2ccccc2)cc1. The van der Waals surface area contributed by atoms with Crippen molar-refractivity contribution in [3.05, 3.63) is 65.7 Å². The van der Waals surface area contributed by atoms with Crippen molar-refractivity contribution in [1.29, 1.82) is 5.41 Å². The summed E-state index contributed by atoms with van der Waals surface area (Å²) in [6.07, 6.45) is 4.98. The van der Waals surface area contributed by atoms with Gasteiger partial charge in [0.15, 0.2) is 0 Å². The number of terminal acetylenes is 1. The number of benzene rings is 2. The first-order valence-corrected chi connectivity index (χ1v) is 10.6. The summed E-state index contributed by atoms with van der Waals surface area (Å²) < 4.78 is 4.80. The molecule has 0 radical (unpaired) electrons. The number of rotatable bonds is 10. The molecule has 0 heterocycles. The van der Waals surface area contributed by atoms with Gasteiger partial charge in [-0.2, -0.15) is 0 Å². The molecular formula is C25H26N4O5. The zero-order valence-corrected chi connectivity index (χ0v) is 18.7. The molecule has 0 aliphatic rings. The zero-order valence-electron chi connectivity index (χ0n) is 18.7. The fourth-order valence-corrected chi connectivity index (χ4v) is 2.82. The van der Waals surface area contributed by atoms with Crippen LogP contribution in [0.5, 0.6) is 0 Å². The Morgan fingerprint density at radius 1 is 0.971 bits per heavy atom. The van der Waals surface area contributed by atoms with E-state index in [4.69, 9.17) is 16.6 Å². The van der Waals surface area contributed by atoms with Crippen molar-refractivity contribution in [3.63, 3.8) is 0 Å². The number of carbonyl (C=O) groups is 4. The van der Waals surface area contributed by atoms with Crippen LogP contribution in [0.3, 0.4) is 0 Å². The van der Waals surface area contributed by atoms with Crippen molar-refractivity contribution >= 4 is 35.2 Å². The van der Waals surface area contributed by atoms with Gasteiger partial charge in [-0.05, 0) is 43.3 Å². The average molecular weight is 463 g/mol. The maximum absolute atomic E-state index is 12.2. The lowest BCUT2D eigenvalue weighted by molar-refractivity contribution is -0.143. The largest absolute Gasteiger partial charge is 0.466 e. The van der Waals surface area contributed by atoms with Gasteiger partial charge in [0.2, 0.25) is 11.8 Å². The van der Waals surface area contributed by atoms with Crippen molar-refractivity contribution in [1.82, 2.24) is 10.6 Å². The molecule has 9 heteroatoms. The van der Waals surface area contributed by atoms with E-state index >= 15 is 0 Å². The molecule has 0 fully saturated rings. The lowest BCUT2D eigenvalue weighted by Crippen LogP contribution is -2.36. The molecule has 2 aromatic rings. The third-order valence-electron chi connectivity index (χ3n) is 4.52. The fraction of sp³-hybridized carbons (Fsp3) is 0.240. The smallest absolute Gasteiger partial charge is 0.308 e. The molecule has 1 atom stereocenters. The number of amidine groups is 1. The van der Waals surface area contributed by atoms with Crippen LogP contribution in [0, 0.1) is 17.8 Å². The Hall–Kier alpha value is -4.45. The molecule has 0 saturated heterocycles. The van der Waals surface area contributed by atoms with Crippen LogP contribution in [-0.2, 0) is 19.1 Å². The Bertz CT molecular complexity index is 1070. The zero-order chi connectivity index (χ0) is 24.9. The van der Waals surface area contributed by atoms with Crippen molar-refractivity contribution in [2.24, 2.45) is 0 Å². The topological polar surface area (TPSA) is 137 Å². The summed E-state index contributed by atoms with van der Waals surface area (Å²) in [6.45, 7) is 1.89. The Morgan fingerprint density at radius 3 is 2.24 bits per heavy atom. The normalized spacial score (nSPS) is 10.8. The first-order valence-electron chi connectivity index (χ1n) is 10.6. The second-order valence-corrected chi connectivity index (χ2v) is 7.12. The van der Waals surface area contributed by atoms with Gasteiger partial charge in [-0.3, -0.25) is 24.6 Å². The van der Waals surface area contributed by atoms with Gasteiger partial charge in [0.25, 0.3) is 5.91 Å². The molecule has 34 heavy (non-hydrogen) atoms. The molecule has 2 aromatic carbocycles. The lowest BCUT2D eigenvalue weighted by Gasteiger charge is -2.12. The van der Waals surface area contributed by atoms with Crippen molar-refractivity contribution in [2.45, 2.75) is 32.2 Å². The van der Waals surface area contributed by atoms with E-state index in [9.17, 15) is 19.2 Å². The van der Waals surface area contributed by atoms with Crippen LogP contribution in [0.1, 0.15) is 42.1 Å². The number of hydrogen-bond acceptors (Lipinski definition) is 6. The first-order chi connectivity index (χ1) is 16.3. The standard InChI is InChI=1S/C25H26N4O5/c1-3-19(16-23(32)34-4-2)27-21(30)14-15-22(31)28-20-12-10-17(11-13-20)24(26)29-25(33)18-8-6-5-7-9-18/h1,5-13,19H,4,14-16H2,2H3,(H,27,30)(H,28,31)(H2,26,29,33)/t19-/m0/s1. The van der Waals surface area contributed by atoms with E-state index in [1.807, 2.05) is 0 Å². The summed E-state index contributed by atoms with van der Waals surface area (Å²) in [6, 6.07) is 14.1. The van der Waals surface area contributed by atoms with Crippen LogP contribution in [0.2, 0.25) is 0 Å². The van der Waals surface area contributed by atoms with Crippen molar-refractivity contribution in [2.75, 3.05) is 11.9 Å². The summed E-state index contributed by atoms with van der Waals surface area (Å²) in [5.41, 5.74) is 1.37. The second-order valence-electron chi connectivity index (χ2n) is 7.12. The van der Waals surface area contributed by atoms with Crippen molar-refractivity contribution in [3.8, 4) is 12.3 Å². The molecule has 0 spiro atoms. The molecule has 9 nitrogen and oxygen atoms in total. The van der Waals surface area contributed by atoms with Gasteiger partial charge in [0.1, 0.15) is 11.9 Å². The van der Waals surface area contributed by atoms with Crippen LogP contribution in [0.25, 0.3) is 0 Å². The summed E-state index contributed by atoms with van der Waals surface area (Å²) in [7, 11) is 0. The molecule has 0 bridgehead atoms. The van der Waals surface area contributed by atoms with Gasteiger partial charge in [-0.15, -0.1) is 6.42 Å². The summed E-state index contributed by atoms with van der Waals surface area (Å²) >= 11 is 0. The van der Waals surface area contributed by atoms with Crippen LogP contribution in [-0.4, -0.2) is 42.2 Å². The number of nitrogens with one attached hydrogen (secondary N) is 4. The van der Waals surface area contributed by atoms with E-state index in [1.54, 1.807) is 61.5 Å². The van der Waals surface area contributed by atoms with Crippen molar-refractivity contribution < 1.29 is 23.9 Å². The highest BCUT2D eigenvalue weighted by Crippen LogP contribution is 2.11. The van der Waals surface area contributed by atoms with Gasteiger partial charge in [0.05, 0.1) is 13.0 Å². The molecule has 0 aliphatic carbocycles. The highest BCUT2D eigenvalue weighted by Gasteiger charge is 2.16. The minimum atomic E-state index is -0.806. The third kappa shape index (κ3) is 8.59. The minimum absolute atomic E-state index is 0.0747. The van der Waals surface area contributed by atoms with E-state index in [0.29, 0.717) is 16.8 Å². The molecular weight excluding hydrogens is 436 g/mol. The van der Waals surface area contributed by atoms with Gasteiger partial charge >= 0.3 is 5.97 Å². The summed E-state index contributed by atoms with van der Waals surface area (Å²) in [4.78, 5) is 47.8. The van der Waals surface area contributed by atoms with E-state index < -0.39 is 29.7 Å². The Kier molecular flexibility index (Phi) is 10.0. The third-order valence-corrected chi connectivity index (χ3v) is 4.52. The maximum Gasteiger partial charge on any atom is 0.308 e.